The van der Waals surface area contributed by atoms with Gasteiger partial charge in [0.15, 0.2) is 5.69 Å². The molecule has 0 aliphatic rings. The maximum Gasteiger partial charge on any atom is 0.305 e. The van der Waals surface area contributed by atoms with Gasteiger partial charge in [-0.25, -0.2) is 0 Å². The average Bonchev–Trinajstić information content (AvgIpc) is 3.10. The Labute approximate surface area is 151 Å². The van der Waals surface area contributed by atoms with Crippen LogP contribution in [-0.4, -0.2) is 36.4 Å². The summed E-state index contributed by atoms with van der Waals surface area (Å²) in [6.45, 7) is 3.83. The monoisotopic (exact) mass is 362 g/mol. The Bertz CT molecular complexity index is 784. The lowest BCUT2D eigenvalue weighted by Crippen LogP contribution is -2.30. The first-order valence-corrected chi connectivity index (χ1v) is 8.06. The number of hydrogen-bond donors (Lipinski definition) is 2. The number of rotatable bonds is 8. The lowest BCUT2D eigenvalue weighted by atomic mass is 10.0. The van der Waals surface area contributed by atoms with E-state index in [0.29, 0.717) is 22.8 Å². The first-order chi connectivity index (χ1) is 12.3. The van der Waals surface area contributed by atoms with E-state index in [1.807, 2.05) is 13.8 Å². The fraction of sp³-hybridized carbons (Fsp3) is 0.389. The van der Waals surface area contributed by atoms with Gasteiger partial charge in [0.2, 0.25) is 0 Å². The maximum atomic E-state index is 12.5. The van der Waals surface area contributed by atoms with E-state index in [1.54, 1.807) is 24.3 Å². The lowest BCUT2D eigenvalue weighted by molar-refractivity contribution is -0.137. The summed E-state index contributed by atoms with van der Waals surface area (Å²) < 4.78 is 15.6. The van der Waals surface area contributed by atoms with Crippen molar-refractivity contribution >= 4 is 11.9 Å². The number of methoxy groups -OCH3 is 2. The number of carbonyl (C=O) groups is 2. The van der Waals surface area contributed by atoms with Crippen LogP contribution in [-0.2, 0) is 4.79 Å². The van der Waals surface area contributed by atoms with E-state index in [4.69, 9.17) is 14.0 Å². The van der Waals surface area contributed by atoms with E-state index in [0.717, 1.165) is 0 Å². The van der Waals surface area contributed by atoms with Gasteiger partial charge < -0.3 is 24.4 Å². The van der Waals surface area contributed by atoms with Gasteiger partial charge in [0.25, 0.3) is 5.91 Å². The highest BCUT2D eigenvalue weighted by Gasteiger charge is 2.24. The van der Waals surface area contributed by atoms with Crippen LogP contribution in [0, 0.1) is 0 Å². The molecule has 1 aromatic carbocycles. The average molecular weight is 362 g/mol. The number of benzene rings is 1. The smallest absolute Gasteiger partial charge is 0.305 e. The highest BCUT2D eigenvalue weighted by molar-refractivity contribution is 5.92. The molecule has 1 heterocycles. The molecule has 8 nitrogen and oxygen atoms in total. The molecule has 26 heavy (non-hydrogen) atoms. The standard InChI is InChI=1S/C18H22N2O6/c1-10(2)15-8-14(20-26-15)18(23)19-13(9-17(21)22)12-6-5-11(24-3)7-16(12)25-4/h5-8,10,13H,9H2,1-4H3,(H,19,23)(H,21,22). The Morgan fingerprint density at radius 1 is 1.23 bits per heavy atom. The summed E-state index contributed by atoms with van der Waals surface area (Å²) in [6, 6.07) is 5.70. The van der Waals surface area contributed by atoms with Gasteiger partial charge in [-0.3, -0.25) is 9.59 Å². The van der Waals surface area contributed by atoms with Crippen LogP contribution in [0.1, 0.15) is 54.0 Å². The summed E-state index contributed by atoms with van der Waals surface area (Å²) in [5.74, 6) is 0.0523. The predicted molar refractivity (Wildman–Crippen MR) is 92.6 cm³/mol. The fourth-order valence-electron chi connectivity index (χ4n) is 2.42. The van der Waals surface area contributed by atoms with E-state index >= 15 is 0 Å². The molecule has 2 N–H and O–H groups in total. The van der Waals surface area contributed by atoms with E-state index in [2.05, 4.69) is 10.5 Å². The first kappa shape index (κ1) is 19.3. The molecule has 0 spiro atoms. The Morgan fingerprint density at radius 2 is 1.96 bits per heavy atom. The van der Waals surface area contributed by atoms with Gasteiger partial charge in [-0.15, -0.1) is 0 Å². The third kappa shape index (κ3) is 4.53. The van der Waals surface area contributed by atoms with Crippen molar-refractivity contribution in [3.63, 3.8) is 0 Å². The van der Waals surface area contributed by atoms with Crippen LogP contribution in [0.4, 0.5) is 0 Å². The summed E-state index contributed by atoms with van der Waals surface area (Å²) in [6.07, 6.45) is -0.316. The fourth-order valence-corrected chi connectivity index (χ4v) is 2.42. The lowest BCUT2D eigenvalue weighted by Gasteiger charge is -2.20. The second-order valence-electron chi connectivity index (χ2n) is 6.00. The molecule has 0 saturated carbocycles. The zero-order valence-corrected chi connectivity index (χ0v) is 15.1. The minimum atomic E-state index is -1.06. The Balaban J connectivity index is 2.29. The van der Waals surface area contributed by atoms with Crippen LogP contribution < -0.4 is 14.8 Å². The number of amides is 1. The van der Waals surface area contributed by atoms with Crippen molar-refractivity contribution in [3.8, 4) is 11.5 Å². The third-order valence-electron chi connectivity index (χ3n) is 3.83. The zero-order valence-electron chi connectivity index (χ0n) is 15.1. The molecular weight excluding hydrogens is 340 g/mol. The van der Waals surface area contributed by atoms with E-state index in [-0.39, 0.29) is 18.0 Å². The molecule has 140 valence electrons. The number of hydrogen-bond acceptors (Lipinski definition) is 6. The largest absolute Gasteiger partial charge is 0.497 e. The molecule has 1 atom stereocenters. The number of aromatic nitrogens is 1. The molecule has 0 bridgehead atoms. The summed E-state index contributed by atoms with van der Waals surface area (Å²) >= 11 is 0. The van der Waals surface area contributed by atoms with Gasteiger partial charge in [-0.1, -0.05) is 19.0 Å². The molecule has 0 radical (unpaired) electrons. The molecule has 1 aromatic heterocycles. The van der Waals surface area contributed by atoms with Crippen LogP contribution >= 0.6 is 0 Å². The molecule has 0 fully saturated rings. The van der Waals surface area contributed by atoms with Gasteiger partial charge in [0.1, 0.15) is 17.3 Å². The second-order valence-corrected chi connectivity index (χ2v) is 6.00. The van der Waals surface area contributed by atoms with Crippen LogP contribution in [0.2, 0.25) is 0 Å². The van der Waals surface area contributed by atoms with Gasteiger partial charge in [-0.05, 0) is 12.1 Å². The first-order valence-electron chi connectivity index (χ1n) is 8.06. The van der Waals surface area contributed by atoms with Crippen LogP contribution in [0.15, 0.2) is 28.8 Å². The minimum Gasteiger partial charge on any atom is -0.497 e. The molecule has 1 unspecified atom stereocenters. The van der Waals surface area contributed by atoms with Crippen LogP contribution in [0.3, 0.4) is 0 Å². The Kier molecular flexibility index (Phi) is 6.21. The number of aliphatic carboxylic acids is 1. The molecule has 2 rings (SSSR count). The summed E-state index contributed by atoms with van der Waals surface area (Å²) in [5.41, 5.74) is 0.619. The summed E-state index contributed by atoms with van der Waals surface area (Å²) in [4.78, 5) is 23.7. The van der Waals surface area contributed by atoms with Gasteiger partial charge in [0, 0.05) is 23.6 Å². The number of nitrogens with one attached hydrogen (secondary N) is 1. The van der Waals surface area contributed by atoms with Gasteiger partial charge >= 0.3 is 5.97 Å². The van der Waals surface area contributed by atoms with Crippen molar-refractivity contribution in [2.45, 2.75) is 32.2 Å². The number of nitrogens with zero attached hydrogens (tertiary/aromatic N) is 1. The van der Waals surface area contributed by atoms with Crippen molar-refractivity contribution < 1.29 is 28.7 Å². The number of carboxylic acid groups (broad SMARTS) is 1. The number of carboxylic acids is 1. The van der Waals surface area contributed by atoms with E-state index < -0.39 is 17.9 Å². The van der Waals surface area contributed by atoms with E-state index in [1.165, 1.54) is 14.2 Å². The topological polar surface area (TPSA) is 111 Å². The van der Waals surface area contributed by atoms with Crippen molar-refractivity contribution in [3.05, 3.63) is 41.3 Å². The van der Waals surface area contributed by atoms with Gasteiger partial charge in [0.05, 0.1) is 26.7 Å². The molecule has 0 aliphatic carbocycles. The maximum absolute atomic E-state index is 12.5. The van der Waals surface area contributed by atoms with Crippen molar-refractivity contribution in [2.75, 3.05) is 14.2 Å². The van der Waals surface area contributed by atoms with Crippen molar-refractivity contribution in [2.24, 2.45) is 0 Å². The Morgan fingerprint density at radius 3 is 2.50 bits per heavy atom. The molecule has 0 aliphatic heterocycles. The summed E-state index contributed by atoms with van der Waals surface area (Å²) in [7, 11) is 2.98. The molecule has 2 aromatic rings. The normalized spacial score (nSPS) is 11.9. The third-order valence-corrected chi connectivity index (χ3v) is 3.83. The van der Waals surface area contributed by atoms with E-state index in [9.17, 15) is 14.7 Å². The SMILES string of the molecule is COc1ccc(C(CC(=O)O)NC(=O)c2cc(C(C)C)on2)c(OC)c1. The second kappa shape index (κ2) is 8.37. The minimum absolute atomic E-state index is 0.0838. The van der Waals surface area contributed by atoms with Gasteiger partial charge in [-0.2, -0.15) is 0 Å². The highest BCUT2D eigenvalue weighted by Crippen LogP contribution is 2.31. The summed E-state index contributed by atoms with van der Waals surface area (Å²) in [5, 5.41) is 15.6. The molecule has 8 heteroatoms. The number of carbonyl (C=O) groups excluding carboxylic acids is 1. The quantitative estimate of drug-likeness (QED) is 0.743. The molecular formula is C18H22N2O6. The Hall–Kier alpha value is -3.03. The van der Waals surface area contributed by atoms with Crippen LogP contribution in [0.5, 0.6) is 11.5 Å². The molecule has 1 amide bonds. The zero-order chi connectivity index (χ0) is 19.3. The number of ether oxygens (including phenoxy) is 2. The molecule has 0 saturated heterocycles. The van der Waals surface area contributed by atoms with Crippen LogP contribution in [0.25, 0.3) is 0 Å². The van der Waals surface area contributed by atoms with Crippen molar-refractivity contribution in [1.29, 1.82) is 0 Å². The highest BCUT2D eigenvalue weighted by atomic mass is 16.5. The predicted octanol–water partition coefficient (Wildman–Crippen LogP) is 2.76. The van der Waals surface area contributed by atoms with Crippen molar-refractivity contribution in [1.82, 2.24) is 10.5 Å².